The Labute approximate surface area is 202 Å². The number of nitrogens with one attached hydrogen (secondary N) is 2. The molecule has 2 amide bonds. The van der Waals surface area contributed by atoms with Crippen LogP contribution >= 0.6 is 0 Å². The zero-order valence-electron chi connectivity index (χ0n) is 19.4. The van der Waals surface area contributed by atoms with E-state index in [4.69, 9.17) is 10.2 Å². The number of fused-ring (bicyclic) bond motifs is 1. The number of carbonyl (C=O) groups excluding carboxylic acids is 1. The van der Waals surface area contributed by atoms with Gasteiger partial charge in [-0.25, -0.2) is 19.0 Å². The number of benzene rings is 1. The fourth-order valence-corrected chi connectivity index (χ4v) is 4.64. The first kappa shape index (κ1) is 22.6. The van der Waals surface area contributed by atoms with Crippen LogP contribution < -0.4 is 10.6 Å². The lowest BCUT2D eigenvalue weighted by Crippen LogP contribution is -2.29. The Morgan fingerprint density at radius 3 is 2.66 bits per heavy atom. The van der Waals surface area contributed by atoms with Gasteiger partial charge in [-0.2, -0.15) is 10.2 Å². The van der Waals surface area contributed by atoms with Gasteiger partial charge in [0.05, 0.1) is 17.6 Å². The van der Waals surface area contributed by atoms with Crippen LogP contribution in [-0.4, -0.2) is 48.0 Å². The number of carbonyl (C=O) groups is 2. The number of anilines is 1. The van der Waals surface area contributed by atoms with E-state index in [1.54, 1.807) is 27.7 Å². The fraction of sp³-hybridized carbons (Fsp3) is 0.320. The van der Waals surface area contributed by atoms with Crippen molar-refractivity contribution in [2.75, 3.05) is 11.9 Å². The van der Waals surface area contributed by atoms with Crippen molar-refractivity contribution in [3.8, 4) is 5.69 Å². The summed E-state index contributed by atoms with van der Waals surface area (Å²) in [7, 11) is 0. The molecule has 1 aromatic carbocycles. The fourth-order valence-electron chi connectivity index (χ4n) is 4.64. The molecule has 4 aromatic rings. The Morgan fingerprint density at radius 2 is 1.91 bits per heavy atom. The minimum atomic E-state index is -0.981. The van der Waals surface area contributed by atoms with E-state index in [1.807, 2.05) is 37.3 Å². The van der Waals surface area contributed by atoms with Crippen LogP contribution in [0.25, 0.3) is 11.3 Å². The summed E-state index contributed by atoms with van der Waals surface area (Å²) in [5.74, 6) is 0.863. The monoisotopic (exact) mass is 473 g/mol. The highest BCUT2D eigenvalue weighted by Gasteiger charge is 2.26. The molecule has 0 spiro atoms. The van der Waals surface area contributed by atoms with Crippen LogP contribution in [0, 0.1) is 12.8 Å². The Hall–Kier alpha value is -4.21. The molecule has 3 N–H and O–H groups in total. The van der Waals surface area contributed by atoms with E-state index < -0.39 is 6.09 Å². The van der Waals surface area contributed by atoms with Crippen molar-refractivity contribution < 1.29 is 14.7 Å². The van der Waals surface area contributed by atoms with Gasteiger partial charge in [-0.05, 0) is 56.7 Å². The molecule has 5 rings (SSSR count). The lowest BCUT2D eigenvalue weighted by atomic mass is 9.80. The second-order valence-corrected chi connectivity index (χ2v) is 9.01. The van der Waals surface area contributed by atoms with Gasteiger partial charge in [0.15, 0.2) is 5.65 Å². The molecule has 35 heavy (non-hydrogen) atoms. The van der Waals surface area contributed by atoms with E-state index in [1.165, 1.54) is 6.20 Å². The third-order valence-corrected chi connectivity index (χ3v) is 6.58. The van der Waals surface area contributed by atoms with E-state index in [9.17, 15) is 9.59 Å². The highest BCUT2D eigenvalue weighted by Crippen LogP contribution is 2.36. The zero-order chi connectivity index (χ0) is 24.4. The van der Waals surface area contributed by atoms with Crippen LogP contribution in [0.15, 0.2) is 55.0 Å². The lowest BCUT2D eigenvalue weighted by Gasteiger charge is -2.27. The van der Waals surface area contributed by atoms with Crippen LogP contribution in [-0.2, 0) is 0 Å². The molecule has 0 bridgehead atoms. The van der Waals surface area contributed by atoms with Crippen LogP contribution in [0.1, 0.15) is 53.2 Å². The van der Waals surface area contributed by atoms with E-state index in [0.29, 0.717) is 29.5 Å². The van der Waals surface area contributed by atoms with Crippen LogP contribution in [0.2, 0.25) is 0 Å². The van der Waals surface area contributed by atoms with E-state index >= 15 is 0 Å². The molecular formula is C25H27N7O3. The smallest absolute Gasteiger partial charge is 0.404 e. The third kappa shape index (κ3) is 4.86. The molecule has 0 saturated heterocycles. The predicted octanol–water partition coefficient (Wildman–Crippen LogP) is 4.02. The first-order valence-corrected chi connectivity index (χ1v) is 11.7. The topological polar surface area (TPSA) is 126 Å². The number of hydrogen-bond acceptors (Lipinski definition) is 5. The van der Waals surface area contributed by atoms with Crippen LogP contribution in [0.3, 0.4) is 0 Å². The van der Waals surface area contributed by atoms with Gasteiger partial charge >= 0.3 is 6.09 Å². The molecule has 0 atom stereocenters. The SMILES string of the molecule is Cc1ccc(-n2nc(C3CCC(CNC(=O)O)CC3)cc2NC(=O)c2cnn3cccnc23)cc1. The molecule has 0 unspecified atom stereocenters. The highest BCUT2D eigenvalue weighted by atomic mass is 16.4. The zero-order valence-corrected chi connectivity index (χ0v) is 19.4. The number of hydrogen-bond donors (Lipinski definition) is 3. The number of rotatable bonds is 6. The van der Waals surface area contributed by atoms with Gasteiger partial charge in [0, 0.05) is 30.9 Å². The van der Waals surface area contributed by atoms with Crippen molar-refractivity contribution in [3.63, 3.8) is 0 Å². The van der Waals surface area contributed by atoms with E-state index in [-0.39, 0.29) is 11.8 Å². The third-order valence-electron chi connectivity index (χ3n) is 6.58. The normalized spacial score (nSPS) is 17.9. The quantitative estimate of drug-likeness (QED) is 0.388. The summed E-state index contributed by atoms with van der Waals surface area (Å²) in [5, 5.41) is 23.5. The molecule has 10 nitrogen and oxygen atoms in total. The maximum absolute atomic E-state index is 13.2. The molecule has 3 heterocycles. The summed E-state index contributed by atoms with van der Waals surface area (Å²) in [6.45, 7) is 2.51. The average Bonchev–Trinajstić information content (AvgIpc) is 3.48. The highest BCUT2D eigenvalue weighted by molar-refractivity contribution is 6.07. The van der Waals surface area contributed by atoms with E-state index in [2.05, 4.69) is 20.7 Å². The van der Waals surface area contributed by atoms with Gasteiger partial charge in [-0.1, -0.05) is 17.7 Å². The summed E-state index contributed by atoms with van der Waals surface area (Å²) in [6, 6.07) is 11.7. The molecule has 1 aliphatic carbocycles. The van der Waals surface area contributed by atoms with Crippen molar-refractivity contribution >= 4 is 23.5 Å². The summed E-state index contributed by atoms with van der Waals surface area (Å²) in [4.78, 5) is 28.3. The number of carboxylic acid groups (broad SMARTS) is 1. The summed E-state index contributed by atoms with van der Waals surface area (Å²) >= 11 is 0. The number of aromatic nitrogens is 5. The van der Waals surface area contributed by atoms with Crippen LogP contribution in [0.4, 0.5) is 10.6 Å². The maximum Gasteiger partial charge on any atom is 0.404 e. The standard InChI is InChI=1S/C25H27N7O3/c1-16-3-9-19(10-4-16)32-22(29-24(33)20-15-28-31-12-2-11-26-23(20)31)13-21(30-32)18-7-5-17(6-8-18)14-27-25(34)35/h2-4,9-13,15,17-18,27H,5-8,14H2,1H3,(H,29,33)(H,34,35). The maximum atomic E-state index is 13.2. The van der Waals surface area contributed by atoms with Gasteiger partial charge in [-0.15, -0.1) is 0 Å². The van der Waals surface area contributed by atoms with E-state index in [0.717, 1.165) is 42.6 Å². The first-order chi connectivity index (χ1) is 17.0. The van der Waals surface area contributed by atoms with Crippen molar-refractivity contribution in [3.05, 3.63) is 71.8 Å². The van der Waals surface area contributed by atoms with Gasteiger partial charge in [-0.3, -0.25) is 4.79 Å². The molecule has 0 radical (unpaired) electrons. The number of nitrogens with zero attached hydrogens (tertiary/aromatic N) is 5. The summed E-state index contributed by atoms with van der Waals surface area (Å²) in [6.07, 6.45) is 7.60. The first-order valence-electron chi connectivity index (χ1n) is 11.7. The number of amides is 2. The van der Waals surface area contributed by atoms with Crippen molar-refractivity contribution in [2.45, 2.75) is 38.5 Å². The minimum Gasteiger partial charge on any atom is -0.465 e. The summed E-state index contributed by atoms with van der Waals surface area (Å²) in [5.41, 5.74) is 3.78. The molecule has 10 heteroatoms. The van der Waals surface area contributed by atoms with Crippen molar-refractivity contribution in [1.29, 1.82) is 0 Å². The van der Waals surface area contributed by atoms with Gasteiger partial charge in [0.25, 0.3) is 5.91 Å². The minimum absolute atomic E-state index is 0.247. The Kier molecular flexibility index (Phi) is 6.17. The van der Waals surface area contributed by atoms with Gasteiger partial charge < -0.3 is 15.7 Å². The van der Waals surface area contributed by atoms with Crippen molar-refractivity contribution in [2.24, 2.45) is 5.92 Å². The molecule has 180 valence electrons. The van der Waals surface area contributed by atoms with Gasteiger partial charge in [0.2, 0.25) is 0 Å². The van der Waals surface area contributed by atoms with Crippen LogP contribution in [0.5, 0.6) is 0 Å². The average molecular weight is 474 g/mol. The second kappa shape index (κ2) is 9.57. The largest absolute Gasteiger partial charge is 0.465 e. The second-order valence-electron chi connectivity index (χ2n) is 9.01. The molecule has 3 aromatic heterocycles. The Bertz CT molecular complexity index is 1350. The molecular weight excluding hydrogens is 446 g/mol. The molecule has 1 fully saturated rings. The molecule has 0 aliphatic heterocycles. The van der Waals surface area contributed by atoms with Crippen molar-refractivity contribution in [1.82, 2.24) is 29.7 Å². The lowest BCUT2D eigenvalue weighted by molar-refractivity contribution is 0.102. The Balaban J connectivity index is 1.40. The Morgan fingerprint density at radius 1 is 1.14 bits per heavy atom. The molecule has 1 saturated carbocycles. The number of aryl methyl sites for hydroxylation is 1. The summed E-state index contributed by atoms with van der Waals surface area (Å²) < 4.78 is 3.33. The van der Waals surface area contributed by atoms with Gasteiger partial charge in [0.1, 0.15) is 11.4 Å². The molecule has 1 aliphatic rings. The predicted molar refractivity (Wildman–Crippen MR) is 130 cm³/mol.